The van der Waals surface area contributed by atoms with Gasteiger partial charge < -0.3 is 29.7 Å². The van der Waals surface area contributed by atoms with E-state index in [9.17, 15) is 19.8 Å². The van der Waals surface area contributed by atoms with Crippen LogP contribution in [-0.4, -0.2) is 56.1 Å². The quantitative estimate of drug-likeness (QED) is 0.369. The lowest BCUT2D eigenvalue weighted by atomic mass is 9.98. The van der Waals surface area contributed by atoms with Crippen molar-refractivity contribution in [3.05, 3.63) is 82.9 Å². The summed E-state index contributed by atoms with van der Waals surface area (Å²) in [6.45, 7) is 0.252. The second kappa shape index (κ2) is 11.2. The third-order valence-corrected chi connectivity index (χ3v) is 6.40. The Labute approximate surface area is 209 Å². The summed E-state index contributed by atoms with van der Waals surface area (Å²) in [5.74, 6) is 0.433. The number of aliphatic hydroxyl groups excluding tert-OH is 2. The zero-order valence-electron chi connectivity index (χ0n) is 20.1. The third kappa shape index (κ3) is 5.05. The molecule has 0 spiro atoms. The van der Waals surface area contributed by atoms with Crippen LogP contribution in [-0.2, 0) is 4.74 Å². The summed E-state index contributed by atoms with van der Waals surface area (Å²) in [5, 5.41) is 23.8. The second-order valence-electron chi connectivity index (χ2n) is 8.52. The molecule has 1 amide bonds. The Morgan fingerprint density at radius 2 is 1.64 bits per heavy atom. The number of methoxy groups -OCH3 is 2. The summed E-state index contributed by atoms with van der Waals surface area (Å²) in [6.07, 6.45) is -2.55. The Morgan fingerprint density at radius 1 is 1.00 bits per heavy atom. The average molecular weight is 492 g/mol. The zero-order chi connectivity index (χ0) is 25.7. The molecule has 0 saturated carbocycles. The molecule has 1 aliphatic carbocycles. The number of carbonyl (C=O) groups is 2. The lowest BCUT2D eigenvalue weighted by Gasteiger charge is -2.22. The molecular weight excluding hydrogens is 462 g/mol. The molecule has 0 fully saturated rings. The Balaban J connectivity index is 1.33. The van der Waals surface area contributed by atoms with E-state index in [-0.39, 0.29) is 48.1 Å². The second-order valence-corrected chi connectivity index (χ2v) is 8.52. The minimum atomic E-state index is -1.36. The lowest BCUT2D eigenvalue weighted by Crippen LogP contribution is -2.30. The number of alkyl carbamates (subject to hydrolysis) is 1. The third-order valence-electron chi connectivity index (χ3n) is 6.40. The van der Waals surface area contributed by atoms with E-state index in [0.29, 0.717) is 6.29 Å². The van der Waals surface area contributed by atoms with E-state index in [1.54, 1.807) is 0 Å². The maximum absolute atomic E-state index is 12.4. The number of amides is 1. The molecule has 3 N–H and O–H groups in total. The van der Waals surface area contributed by atoms with Gasteiger partial charge in [-0.1, -0.05) is 48.5 Å². The van der Waals surface area contributed by atoms with Crippen molar-refractivity contribution in [2.45, 2.75) is 24.5 Å². The topological polar surface area (TPSA) is 114 Å². The predicted molar refractivity (Wildman–Crippen MR) is 134 cm³/mol. The number of fused-ring (bicyclic) bond motifs is 3. The Hall–Kier alpha value is -3.88. The highest BCUT2D eigenvalue weighted by molar-refractivity contribution is 5.79. The van der Waals surface area contributed by atoms with Crippen molar-refractivity contribution in [1.82, 2.24) is 5.32 Å². The molecule has 3 aromatic rings. The molecule has 3 aromatic carbocycles. The van der Waals surface area contributed by atoms with Gasteiger partial charge in [0.15, 0.2) is 11.5 Å². The van der Waals surface area contributed by atoms with Crippen LogP contribution in [0.2, 0.25) is 0 Å². The molecule has 0 aromatic heterocycles. The van der Waals surface area contributed by atoms with Crippen LogP contribution in [0.3, 0.4) is 0 Å². The van der Waals surface area contributed by atoms with Gasteiger partial charge in [0.2, 0.25) is 0 Å². The molecule has 36 heavy (non-hydrogen) atoms. The fourth-order valence-corrected chi connectivity index (χ4v) is 4.64. The van der Waals surface area contributed by atoms with Gasteiger partial charge in [-0.3, -0.25) is 4.79 Å². The van der Waals surface area contributed by atoms with Crippen molar-refractivity contribution < 1.29 is 34.0 Å². The first-order valence-corrected chi connectivity index (χ1v) is 11.6. The summed E-state index contributed by atoms with van der Waals surface area (Å²) in [7, 11) is 2.82. The zero-order valence-corrected chi connectivity index (χ0v) is 20.1. The van der Waals surface area contributed by atoms with Crippen LogP contribution in [0, 0.1) is 0 Å². The van der Waals surface area contributed by atoms with Gasteiger partial charge in [0.1, 0.15) is 19.0 Å². The van der Waals surface area contributed by atoms with Gasteiger partial charge in [-0.2, -0.15) is 0 Å². The lowest BCUT2D eigenvalue weighted by molar-refractivity contribution is 0.0121. The average Bonchev–Trinajstić information content (AvgIpc) is 3.24. The highest BCUT2D eigenvalue weighted by atomic mass is 16.5. The first-order chi connectivity index (χ1) is 17.5. The number of ether oxygens (including phenoxy) is 3. The smallest absolute Gasteiger partial charge is 0.407 e. The van der Waals surface area contributed by atoms with Gasteiger partial charge in [0.05, 0.1) is 20.3 Å². The maximum Gasteiger partial charge on any atom is 0.407 e. The number of hydrogen-bond donors (Lipinski definition) is 3. The largest absolute Gasteiger partial charge is 0.493 e. The Morgan fingerprint density at radius 3 is 2.22 bits per heavy atom. The monoisotopic (exact) mass is 491 g/mol. The number of aldehydes is 1. The van der Waals surface area contributed by atoms with Crippen molar-refractivity contribution in [3.63, 3.8) is 0 Å². The molecule has 0 aliphatic heterocycles. The van der Waals surface area contributed by atoms with Crippen molar-refractivity contribution in [3.8, 4) is 22.6 Å². The summed E-state index contributed by atoms with van der Waals surface area (Å²) in [5.41, 5.74) is 5.01. The standard InChI is InChI=1S/C28H29NO7/c1-34-25-14-17(15-30)13-22(27(25)35-2)26(32)24(31)11-12-29-28(33)36-16-23-20-9-5-3-7-18(20)19-8-4-6-10-21(19)23/h3-10,13-15,23-24,26,31-32H,11-12,16H2,1-2H3,(H,29,33). The maximum atomic E-state index is 12.4. The SMILES string of the molecule is COc1cc(C=O)cc(C(O)C(O)CCNC(=O)OCC2c3ccccc3-c3ccccc32)c1OC. The summed E-state index contributed by atoms with van der Waals surface area (Å²) >= 11 is 0. The van der Waals surface area contributed by atoms with Crippen LogP contribution < -0.4 is 14.8 Å². The van der Waals surface area contributed by atoms with Crippen molar-refractivity contribution in [2.24, 2.45) is 0 Å². The van der Waals surface area contributed by atoms with E-state index in [1.807, 2.05) is 36.4 Å². The molecule has 0 saturated heterocycles. The van der Waals surface area contributed by atoms with E-state index in [2.05, 4.69) is 17.4 Å². The van der Waals surface area contributed by atoms with Crippen molar-refractivity contribution >= 4 is 12.4 Å². The van der Waals surface area contributed by atoms with E-state index >= 15 is 0 Å². The van der Waals surface area contributed by atoms with E-state index in [0.717, 1.165) is 22.3 Å². The first-order valence-electron chi connectivity index (χ1n) is 11.6. The van der Waals surface area contributed by atoms with Crippen molar-refractivity contribution in [2.75, 3.05) is 27.4 Å². The normalized spacial score (nSPS) is 13.8. The van der Waals surface area contributed by atoms with Crippen LogP contribution in [0.15, 0.2) is 60.7 Å². The van der Waals surface area contributed by atoms with Gasteiger partial charge in [0, 0.05) is 23.6 Å². The number of hydrogen-bond acceptors (Lipinski definition) is 7. The van der Waals surface area contributed by atoms with Crippen molar-refractivity contribution in [1.29, 1.82) is 0 Å². The van der Waals surface area contributed by atoms with Gasteiger partial charge >= 0.3 is 6.09 Å². The van der Waals surface area contributed by atoms with Gasteiger partial charge in [-0.25, -0.2) is 4.79 Å². The number of nitrogens with one attached hydrogen (secondary N) is 1. The van der Waals surface area contributed by atoms with E-state index < -0.39 is 18.3 Å². The van der Waals surface area contributed by atoms with Crippen LogP contribution in [0.25, 0.3) is 11.1 Å². The molecule has 4 rings (SSSR count). The van der Waals surface area contributed by atoms with Crippen LogP contribution in [0.4, 0.5) is 4.79 Å². The fraction of sp³-hybridized carbons (Fsp3) is 0.286. The number of aliphatic hydroxyl groups is 2. The Bertz CT molecular complexity index is 1200. The van der Waals surface area contributed by atoms with Crippen LogP contribution in [0.5, 0.6) is 11.5 Å². The molecule has 2 unspecified atom stereocenters. The summed E-state index contributed by atoms with van der Waals surface area (Å²) in [6, 6.07) is 19.1. The molecule has 1 aliphatic rings. The van der Waals surface area contributed by atoms with Gasteiger partial charge in [0.25, 0.3) is 0 Å². The van der Waals surface area contributed by atoms with Crippen LogP contribution >= 0.6 is 0 Å². The highest BCUT2D eigenvalue weighted by Gasteiger charge is 2.29. The van der Waals surface area contributed by atoms with Gasteiger partial charge in [-0.15, -0.1) is 0 Å². The summed E-state index contributed by atoms with van der Waals surface area (Å²) in [4.78, 5) is 23.6. The number of benzene rings is 3. The minimum absolute atomic E-state index is 0.0438. The minimum Gasteiger partial charge on any atom is -0.493 e. The molecule has 0 heterocycles. The highest BCUT2D eigenvalue weighted by Crippen LogP contribution is 2.44. The first kappa shape index (κ1) is 25.2. The number of rotatable bonds is 10. The molecular formula is C28H29NO7. The Kier molecular flexibility index (Phi) is 7.87. The molecule has 2 atom stereocenters. The van der Waals surface area contributed by atoms with Gasteiger partial charge in [-0.05, 0) is 40.8 Å². The van der Waals surface area contributed by atoms with E-state index in [1.165, 1.54) is 26.4 Å². The van der Waals surface area contributed by atoms with Crippen LogP contribution in [0.1, 0.15) is 45.5 Å². The molecule has 8 nitrogen and oxygen atoms in total. The van der Waals surface area contributed by atoms with E-state index in [4.69, 9.17) is 14.2 Å². The number of carbonyl (C=O) groups excluding carboxylic acids is 2. The predicted octanol–water partition coefficient (Wildman–Crippen LogP) is 3.84. The molecule has 188 valence electrons. The molecule has 0 bridgehead atoms. The summed E-state index contributed by atoms with van der Waals surface area (Å²) < 4.78 is 16.0. The molecule has 0 radical (unpaired) electrons. The molecule has 8 heteroatoms. The fourth-order valence-electron chi connectivity index (χ4n) is 4.64.